The molecular formula is C10H17NO3S. The first kappa shape index (κ1) is 12.4. The quantitative estimate of drug-likeness (QED) is 0.756. The topological polar surface area (TPSA) is 63.2 Å². The third-order valence-electron chi connectivity index (χ3n) is 2.83. The Morgan fingerprint density at radius 2 is 2.27 bits per heavy atom. The van der Waals surface area contributed by atoms with Gasteiger partial charge < -0.3 is 5.32 Å². The van der Waals surface area contributed by atoms with Crippen LogP contribution in [0.4, 0.5) is 0 Å². The Hall–Kier alpha value is -0.710. The van der Waals surface area contributed by atoms with Crippen molar-refractivity contribution >= 4 is 22.5 Å². The predicted octanol–water partition coefficient (Wildman–Crippen LogP) is 0.239. The number of hydrogen-bond acceptors (Lipinski definition) is 3. The van der Waals surface area contributed by atoms with E-state index in [0.717, 1.165) is 6.42 Å². The molecule has 1 fully saturated rings. The molecule has 0 aromatic carbocycles. The van der Waals surface area contributed by atoms with Crippen LogP contribution in [0.25, 0.3) is 0 Å². The molecule has 1 N–H and O–H groups in total. The van der Waals surface area contributed by atoms with E-state index in [9.17, 15) is 13.8 Å². The van der Waals surface area contributed by atoms with Crippen LogP contribution in [0.15, 0.2) is 0 Å². The molecule has 15 heavy (non-hydrogen) atoms. The highest BCUT2D eigenvalue weighted by molar-refractivity contribution is 7.86. The monoisotopic (exact) mass is 231 g/mol. The lowest BCUT2D eigenvalue weighted by atomic mass is 9.89. The highest BCUT2D eigenvalue weighted by Crippen LogP contribution is 2.25. The molecule has 1 aliphatic rings. The fraction of sp³-hybridized carbons (Fsp3) is 0.800. The molecule has 1 rings (SSSR count). The van der Waals surface area contributed by atoms with E-state index in [1.54, 1.807) is 0 Å². The Morgan fingerprint density at radius 1 is 1.60 bits per heavy atom. The summed E-state index contributed by atoms with van der Waals surface area (Å²) in [7, 11) is 0.303. The summed E-state index contributed by atoms with van der Waals surface area (Å²) in [6.07, 6.45) is 1.75. The van der Waals surface area contributed by atoms with Gasteiger partial charge in [0.05, 0.1) is 0 Å². The third kappa shape index (κ3) is 3.41. The van der Waals surface area contributed by atoms with Crippen LogP contribution >= 0.6 is 0 Å². The van der Waals surface area contributed by atoms with E-state index in [1.165, 1.54) is 7.05 Å². The maximum absolute atomic E-state index is 11.8. The van der Waals surface area contributed by atoms with Crippen molar-refractivity contribution in [3.8, 4) is 0 Å². The van der Waals surface area contributed by atoms with Crippen molar-refractivity contribution in [2.24, 2.45) is 5.92 Å². The van der Waals surface area contributed by atoms with Crippen LogP contribution in [0.1, 0.15) is 26.2 Å². The number of nitrogens with one attached hydrogen (secondary N) is 1. The van der Waals surface area contributed by atoms with Crippen molar-refractivity contribution in [1.82, 2.24) is 5.32 Å². The second-order valence-electron chi connectivity index (χ2n) is 4.00. The van der Waals surface area contributed by atoms with Gasteiger partial charge in [0, 0.05) is 35.9 Å². The summed E-state index contributed by atoms with van der Waals surface area (Å²) in [5.74, 6) is 0.230. The number of carbonyl (C=O) groups excluding carboxylic acids is 2. The zero-order valence-corrected chi connectivity index (χ0v) is 9.93. The maximum Gasteiger partial charge on any atom is 0.232 e. The zero-order chi connectivity index (χ0) is 11.4. The van der Waals surface area contributed by atoms with Crippen molar-refractivity contribution in [2.45, 2.75) is 31.4 Å². The summed E-state index contributed by atoms with van der Waals surface area (Å²) < 4.78 is 11.8. The van der Waals surface area contributed by atoms with E-state index in [2.05, 4.69) is 5.32 Å². The first-order valence-corrected chi connectivity index (χ1v) is 6.52. The van der Waals surface area contributed by atoms with Crippen molar-refractivity contribution in [1.29, 1.82) is 0 Å². The van der Waals surface area contributed by atoms with Gasteiger partial charge in [-0.25, -0.2) is 0 Å². The molecule has 0 heterocycles. The fourth-order valence-electron chi connectivity index (χ4n) is 1.76. The minimum absolute atomic E-state index is 0.0127. The number of carbonyl (C=O) groups is 2. The summed E-state index contributed by atoms with van der Waals surface area (Å²) in [5.41, 5.74) is 0. The lowest BCUT2D eigenvalue weighted by Crippen LogP contribution is -2.36. The maximum atomic E-state index is 11.8. The van der Waals surface area contributed by atoms with Crippen LogP contribution in [0.5, 0.6) is 0 Å². The van der Waals surface area contributed by atoms with Gasteiger partial charge in [0.2, 0.25) is 5.91 Å². The molecule has 3 atom stereocenters. The lowest BCUT2D eigenvalue weighted by Gasteiger charge is -2.26. The van der Waals surface area contributed by atoms with Crippen LogP contribution in [-0.4, -0.2) is 33.9 Å². The summed E-state index contributed by atoms with van der Waals surface area (Å²) in [6.45, 7) is 2.00. The van der Waals surface area contributed by atoms with E-state index < -0.39 is 10.8 Å². The van der Waals surface area contributed by atoms with Gasteiger partial charge in [0.25, 0.3) is 0 Å². The summed E-state index contributed by atoms with van der Waals surface area (Å²) in [6, 6.07) is 0. The highest BCUT2D eigenvalue weighted by Gasteiger charge is 2.31. The fourth-order valence-corrected chi connectivity index (χ4v) is 3.41. The summed E-state index contributed by atoms with van der Waals surface area (Å²) in [4.78, 5) is 22.3. The van der Waals surface area contributed by atoms with Crippen molar-refractivity contribution in [3.63, 3.8) is 0 Å². The van der Waals surface area contributed by atoms with Crippen molar-refractivity contribution < 1.29 is 13.8 Å². The molecule has 1 saturated carbocycles. The van der Waals surface area contributed by atoms with Gasteiger partial charge in [-0.1, -0.05) is 6.92 Å². The minimum Gasteiger partial charge on any atom is -0.358 e. The molecule has 5 heteroatoms. The summed E-state index contributed by atoms with van der Waals surface area (Å²) in [5, 5.41) is 2.31. The first-order valence-electron chi connectivity index (χ1n) is 5.14. The molecular weight excluding hydrogens is 214 g/mol. The minimum atomic E-state index is -1.22. The van der Waals surface area contributed by atoms with Gasteiger partial charge in [-0.05, 0) is 12.3 Å². The van der Waals surface area contributed by atoms with Gasteiger partial charge in [-0.3, -0.25) is 13.8 Å². The molecule has 0 aromatic heterocycles. The Labute approximate surface area is 92.3 Å². The Kier molecular flexibility index (Phi) is 4.45. The van der Waals surface area contributed by atoms with Gasteiger partial charge >= 0.3 is 0 Å². The van der Waals surface area contributed by atoms with E-state index in [-0.39, 0.29) is 28.6 Å². The second-order valence-corrected chi connectivity index (χ2v) is 5.65. The number of ketones is 1. The highest BCUT2D eigenvalue weighted by atomic mass is 32.2. The van der Waals surface area contributed by atoms with Crippen molar-refractivity contribution in [2.75, 3.05) is 12.8 Å². The largest absolute Gasteiger partial charge is 0.358 e. The molecule has 4 nitrogen and oxygen atoms in total. The lowest BCUT2D eigenvalue weighted by molar-refractivity contribution is -0.121. The molecule has 86 valence electrons. The average molecular weight is 231 g/mol. The molecule has 1 aliphatic carbocycles. The molecule has 0 saturated heterocycles. The molecule has 0 radical (unpaired) electrons. The van der Waals surface area contributed by atoms with Crippen LogP contribution < -0.4 is 5.32 Å². The molecule has 0 aromatic rings. The van der Waals surface area contributed by atoms with E-state index >= 15 is 0 Å². The van der Waals surface area contributed by atoms with E-state index in [4.69, 9.17) is 0 Å². The Balaban J connectivity index is 2.57. The summed E-state index contributed by atoms with van der Waals surface area (Å²) >= 11 is 0. The Morgan fingerprint density at radius 3 is 2.87 bits per heavy atom. The van der Waals surface area contributed by atoms with Gasteiger partial charge in [-0.15, -0.1) is 0 Å². The number of rotatable bonds is 3. The number of Topliss-reactive ketones (excluding diaryl/α,β-unsaturated/α-hetero) is 1. The van der Waals surface area contributed by atoms with Crippen LogP contribution in [0, 0.1) is 5.92 Å². The van der Waals surface area contributed by atoms with Crippen LogP contribution in [-0.2, 0) is 20.4 Å². The number of amides is 1. The van der Waals surface area contributed by atoms with Crippen LogP contribution in [0.3, 0.4) is 0 Å². The molecule has 1 amide bonds. The predicted molar refractivity (Wildman–Crippen MR) is 58.9 cm³/mol. The second kappa shape index (κ2) is 5.39. The molecule has 0 spiro atoms. The van der Waals surface area contributed by atoms with E-state index in [1.807, 2.05) is 6.92 Å². The average Bonchev–Trinajstić information content (AvgIpc) is 2.21. The SMILES string of the molecule is CNC(=O)CS(=O)C1CC(=O)CCC1C. The molecule has 0 bridgehead atoms. The normalized spacial score (nSPS) is 28.5. The Bertz CT molecular complexity index is 290. The number of hydrogen-bond donors (Lipinski definition) is 1. The standard InChI is InChI=1S/C10H17NO3S/c1-7-3-4-8(12)5-9(7)15(14)6-10(13)11-2/h7,9H,3-6H2,1-2H3,(H,11,13). The first-order chi connectivity index (χ1) is 7.04. The zero-order valence-electron chi connectivity index (χ0n) is 9.12. The van der Waals surface area contributed by atoms with E-state index in [0.29, 0.717) is 12.8 Å². The van der Waals surface area contributed by atoms with Gasteiger partial charge in [0.1, 0.15) is 11.5 Å². The van der Waals surface area contributed by atoms with Gasteiger partial charge in [0.15, 0.2) is 0 Å². The third-order valence-corrected chi connectivity index (χ3v) is 4.69. The van der Waals surface area contributed by atoms with Crippen molar-refractivity contribution in [3.05, 3.63) is 0 Å². The smallest absolute Gasteiger partial charge is 0.232 e. The van der Waals surface area contributed by atoms with Gasteiger partial charge in [-0.2, -0.15) is 0 Å². The molecule has 3 unspecified atom stereocenters. The molecule has 0 aliphatic heterocycles. The van der Waals surface area contributed by atoms with Crippen LogP contribution in [0.2, 0.25) is 0 Å².